The summed E-state index contributed by atoms with van der Waals surface area (Å²) in [5, 5.41) is 8.76. The molecule has 1 spiro atoms. The van der Waals surface area contributed by atoms with E-state index < -0.39 is 35.9 Å². The molecule has 4 heterocycles. The molecule has 5 fully saturated rings. The smallest absolute Gasteiger partial charge is 0.308 e. The Morgan fingerprint density at radius 3 is 2.63 bits per heavy atom. The zero-order valence-electron chi connectivity index (χ0n) is 16.0. The molecule has 1 saturated carbocycles. The van der Waals surface area contributed by atoms with Gasteiger partial charge in [-0.05, 0) is 38.0 Å². The van der Waals surface area contributed by atoms with Crippen molar-refractivity contribution < 1.29 is 38.7 Å². The fourth-order valence-electron chi connectivity index (χ4n) is 5.40. The van der Waals surface area contributed by atoms with Crippen LogP contribution in [0, 0.1) is 23.7 Å². The summed E-state index contributed by atoms with van der Waals surface area (Å²) in [5.41, 5.74) is -0.697. The number of carbonyl (C=O) groups excluding carboxylic acids is 1. The maximum absolute atomic E-state index is 12.1. The first kappa shape index (κ1) is 19.1. The summed E-state index contributed by atoms with van der Waals surface area (Å²) in [4.78, 5) is 34.5. The predicted octanol–water partition coefficient (Wildman–Crippen LogP) is 2.60. The van der Waals surface area contributed by atoms with Crippen molar-refractivity contribution in [2.75, 3.05) is 0 Å². The van der Waals surface area contributed by atoms with Gasteiger partial charge in [-0.3, -0.25) is 9.59 Å². The third-order valence-electron chi connectivity index (χ3n) is 6.89. The summed E-state index contributed by atoms with van der Waals surface area (Å²) in [7, 11) is 0. The van der Waals surface area contributed by atoms with Crippen LogP contribution in [0.2, 0.25) is 0 Å². The highest BCUT2D eigenvalue weighted by Gasteiger charge is 2.69. The molecule has 0 aromatic carbocycles. The topological polar surface area (TPSA) is 101 Å². The van der Waals surface area contributed by atoms with Crippen molar-refractivity contribution in [3.8, 4) is 0 Å². The van der Waals surface area contributed by atoms with Crippen molar-refractivity contribution in [2.24, 2.45) is 23.7 Å². The van der Waals surface area contributed by atoms with E-state index >= 15 is 0 Å². The molecule has 1 aliphatic carbocycles. The fraction of sp³-hybridized carbons (Fsp3) is 0.895. The monoisotopic (exact) mass is 384 g/mol. The molecule has 2 bridgehead atoms. The molecule has 27 heavy (non-hydrogen) atoms. The molecule has 5 aliphatic rings. The number of fused-ring (bicyclic) bond motifs is 2. The Kier molecular flexibility index (Phi) is 4.73. The number of carboxylic acids is 1. The van der Waals surface area contributed by atoms with E-state index in [2.05, 4.69) is 6.92 Å². The molecule has 0 radical (unpaired) electrons. The number of carbonyl (C=O) groups is 2. The van der Waals surface area contributed by atoms with Gasteiger partial charge in [-0.2, -0.15) is 0 Å². The fourth-order valence-corrected chi connectivity index (χ4v) is 5.40. The lowest BCUT2D eigenvalue weighted by molar-refractivity contribution is -0.576. The molecule has 8 nitrogen and oxygen atoms in total. The summed E-state index contributed by atoms with van der Waals surface area (Å²) in [6.07, 6.45) is 1.72. The second-order valence-electron chi connectivity index (χ2n) is 8.66. The van der Waals surface area contributed by atoms with Crippen molar-refractivity contribution in [3.63, 3.8) is 0 Å². The lowest BCUT2D eigenvalue weighted by atomic mass is 9.58. The van der Waals surface area contributed by atoms with Crippen molar-refractivity contribution in [3.05, 3.63) is 0 Å². The van der Waals surface area contributed by atoms with E-state index in [1.807, 2.05) is 13.8 Å². The molecule has 0 aromatic heterocycles. The van der Waals surface area contributed by atoms with E-state index in [0.717, 1.165) is 19.3 Å². The highest BCUT2D eigenvalue weighted by Crippen LogP contribution is 2.60. The minimum absolute atomic E-state index is 0.0670. The van der Waals surface area contributed by atoms with Gasteiger partial charge >= 0.3 is 11.9 Å². The Morgan fingerprint density at radius 1 is 1.11 bits per heavy atom. The summed E-state index contributed by atoms with van der Waals surface area (Å²) in [6, 6.07) is 0. The van der Waals surface area contributed by atoms with Crippen molar-refractivity contribution in [1.29, 1.82) is 0 Å². The quantitative estimate of drug-likeness (QED) is 0.583. The minimum atomic E-state index is -1.03. The number of rotatable bonds is 4. The van der Waals surface area contributed by atoms with Gasteiger partial charge in [-0.15, -0.1) is 0 Å². The predicted molar refractivity (Wildman–Crippen MR) is 89.8 cm³/mol. The van der Waals surface area contributed by atoms with Gasteiger partial charge in [0.15, 0.2) is 11.9 Å². The van der Waals surface area contributed by atoms with Crippen LogP contribution in [0.15, 0.2) is 0 Å². The van der Waals surface area contributed by atoms with Gasteiger partial charge in [-0.1, -0.05) is 13.8 Å². The summed E-state index contributed by atoms with van der Waals surface area (Å²) >= 11 is 0. The van der Waals surface area contributed by atoms with Crippen LogP contribution in [0.3, 0.4) is 0 Å². The summed E-state index contributed by atoms with van der Waals surface area (Å²) in [6.45, 7) is 6.06. The van der Waals surface area contributed by atoms with E-state index in [4.69, 9.17) is 29.1 Å². The molecular formula is C19H28O8. The first-order valence-corrected chi connectivity index (χ1v) is 9.86. The van der Waals surface area contributed by atoms with Crippen molar-refractivity contribution in [1.82, 2.24) is 0 Å². The number of esters is 1. The Balaban J connectivity index is 1.58. The van der Waals surface area contributed by atoms with Gasteiger partial charge in [0.2, 0.25) is 12.1 Å². The van der Waals surface area contributed by atoms with Gasteiger partial charge in [0.1, 0.15) is 0 Å². The highest BCUT2D eigenvalue weighted by atomic mass is 17.3. The standard InChI is InChI=1S/C19H28O8/c1-10-4-5-13-11(2)16(23-15(22)7-6-14(20)21)24-17-19(13)12(10)8-9-18(3,25-17)26-27-19/h10-13,16-17H,4-9H2,1-3H3,(H,20,21)/t10-,11-,12?,13+,16?,17-,18+,19-/m1/s1. The molecule has 8 heteroatoms. The second kappa shape index (κ2) is 6.69. The van der Waals surface area contributed by atoms with E-state index in [0.29, 0.717) is 12.3 Å². The van der Waals surface area contributed by atoms with E-state index in [9.17, 15) is 9.59 Å². The van der Waals surface area contributed by atoms with Crippen molar-refractivity contribution in [2.45, 2.75) is 83.3 Å². The Labute approximate surface area is 158 Å². The first-order valence-electron chi connectivity index (χ1n) is 9.86. The third-order valence-corrected chi connectivity index (χ3v) is 6.89. The average molecular weight is 384 g/mol. The zero-order valence-corrected chi connectivity index (χ0v) is 16.0. The van der Waals surface area contributed by atoms with Gasteiger partial charge in [-0.25, -0.2) is 9.78 Å². The maximum atomic E-state index is 12.1. The van der Waals surface area contributed by atoms with Crippen molar-refractivity contribution >= 4 is 11.9 Å². The van der Waals surface area contributed by atoms with Gasteiger partial charge in [0, 0.05) is 18.3 Å². The lowest BCUT2D eigenvalue weighted by Gasteiger charge is -2.59. The van der Waals surface area contributed by atoms with Crippen LogP contribution in [0.25, 0.3) is 0 Å². The Bertz CT molecular complexity index is 623. The van der Waals surface area contributed by atoms with Crippen LogP contribution in [0.5, 0.6) is 0 Å². The Morgan fingerprint density at radius 2 is 1.89 bits per heavy atom. The lowest BCUT2D eigenvalue weighted by Crippen LogP contribution is -2.70. The van der Waals surface area contributed by atoms with E-state index in [1.165, 1.54) is 0 Å². The minimum Gasteiger partial charge on any atom is -0.481 e. The summed E-state index contributed by atoms with van der Waals surface area (Å²) in [5.74, 6) is -1.82. The molecule has 8 atom stereocenters. The van der Waals surface area contributed by atoms with Gasteiger partial charge < -0.3 is 19.3 Å². The van der Waals surface area contributed by atoms with E-state index in [1.54, 1.807) is 0 Å². The normalized spacial score (nSPS) is 48.4. The Hall–Kier alpha value is -1.22. The number of hydrogen-bond acceptors (Lipinski definition) is 7. The molecule has 1 N–H and O–H groups in total. The van der Waals surface area contributed by atoms with Crippen LogP contribution in [-0.4, -0.2) is 41.0 Å². The molecular weight excluding hydrogens is 356 g/mol. The zero-order chi connectivity index (χ0) is 19.4. The third kappa shape index (κ3) is 3.06. The van der Waals surface area contributed by atoms with Crippen LogP contribution >= 0.6 is 0 Å². The molecule has 4 saturated heterocycles. The summed E-state index contributed by atoms with van der Waals surface area (Å²) < 4.78 is 17.8. The molecule has 0 amide bonds. The number of aliphatic carboxylic acids is 1. The average Bonchev–Trinajstić information content (AvgIpc) is 2.84. The van der Waals surface area contributed by atoms with Crippen LogP contribution < -0.4 is 0 Å². The van der Waals surface area contributed by atoms with Crippen LogP contribution in [-0.2, 0) is 33.6 Å². The highest BCUT2D eigenvalue weighted by molar-refractivity contribution is 5.76. The largest absolute Gasteiger partial charge is 0.481 e. The molecule has 5 rings (SSSR count). The number of carboxylic acid groups (broad SMARTS) is 1. The van der Waals surface area contributed by atoms with Crippen LogP contribution in [0.4, 0.5) is 0 Å². The second-order valence-corrected chi connectivity index (χ2v) is 8.66. The van der Waals surface area contributed by atoms with Crippen LogP contribution in [0.1, 0.15) is 59.3 Å². The SMILES string of the molecule is C[C@@H]1CC[C@H]2[C@@H](C)C(OC(=O)CCC(=O)O)O[C@@H]3O[C@]4(C)CCC1[C@]32OO4. The maximum Gasteiger partial charge on any atom is 0.308 e. The number of hydrogen-bond donors (Lipinski definition) is 1. The first-order chi connectivity index (χ1) is 12.7. The molecule has 2 unspecified atom stereocenters. The molecule has 0 aromatic rings. The van der Waals surface area contributed by atoms with Gasteiger partial charge in [0.05, 0.1) is 12.8 Å². The van der Waals surface area contributed by atoms with Gasteiger partial charge in [0.25, 0.3) is 0 Å². The molecule has 152 valence electrons. The number of ether oxygens (including phenoxy) is 3. The van der Waals surface area contributed by atoms with E-state index in [-0.39, 0.29) is 30.6 Å². The molecule has 4 aliphatic heterocycles.